The summed E-state index contributed by atoms with van der Waals surface area (Å²) in [4.78, 5) is 0. The fourth-order valence-corrected chi connectivity index (χ4v) is 1.13. The van der Waals surface area contributed by atoms with Crippen molar-refractivity contribution in [2.45, 2.75) is 0 Å². The number of benzene rings is 2. The summed E-state index contributed by atoms with van der Waals surface area (Å²) in [6.45, 7) is 0. The van der Waals surface area contributed by atoms with E-state index < -0.39 is 0 Å². The van der Waals surface area contributed by atoms with Gasteiger partial charge in [0.25, 0.3) is 0 Å². The van der Waals surface area contributed by atoms with E-state index in [2.05, 4.69) is 48.5 Å². The van der Waals surface area contributed by atoms with E-state index in [9.17, 15) is 0 Å². The Bertz CT molecular complexity index is 276. The molecule has 0 nitrogen and oxygen atoms in total. The van der Waals surface area contributed by atoms with Crippen molar-refractivity contribution in [3.8, 4) is 0 Å². The third-order valence-electron chi connectivity index (χ3n) is 1.66. The molecule has 0 spiro atoms. The predicted octanol–water partition coefficient (Wildman–Crippen LogP) is 3.09. The Morgan fingerprint density at radius 2 is 0.900 bits per heavy atom. The van der Waals surface area contributed by atoms with Gasteiger partial charge < -0.3 is 0 Å². The Kier molecular flexibility index (Phi) is 1.17. The summed E-state index contributed by atoms with van der Waals surface area (Å²) in [7, 11) is 0. The van der Waals surface area contributed by atoms with Crippen LogP contribution in [0.1, 0.15) is 1.43 Å². The lowest BCUT2D eigenvalue weighted by Crippen LogP contribution is -1.67. The van der Waals surface area contributed by atoms with Crippen molar-refractivity contribution in [1.82, 2.24) is 0 Å². The quantitative estimate of drug-likeness (QED) is 0.515. The molecular formula is C10H10. The van der Waals surface area contributed by atoms with Crippen LogP contribution in [0.15, 0.2) is 48.5 Å². The molecule has 0 N–H and O–H groups in total. The van der Waals surface area contributed by atoms with Gasteiger partial charge in [-0.15, -0.1) is 0 Å². The summed E-state index contributed by atoms with van der Waals surface area (Å²) in [6, 6.07) is 16.7. The first kappa shape index (κ1) is 5.48. The lowest BCUT2D eigenvalue weighted by Gasteiger charge is -1.92. The van der Waals surface area contributed by atoms with E-state index in [-0.39, 0.29) is 1.43 Å². The normalized spacial score (nSPS) is 10.0. The minimum Gasteiger partial charge on any atom is -0.0616 e. The first-order valence-electron chi connectivity index (χ1n) is 3.40. The van der Waals surface area contributed by atoms with E-state index in [1.165, 1.54) is 10.8 Å². The molecule has 0 aliphatic carbocycles. The molecule has 2 aromatic carbocycles. The highest BCUT2D eigenvalue weighted by Crippen LogP contribution is 2.11. The number of hydrogen-bond acceptors (Lipinski definition) is 0. The van der Waals surface area contributed by atoms with Gasteiger partial charge in [-0.25, -0.2) is 0 Å². The van der Waals surface area contributed by atoms with Gasteiger partial charge in [0.2, 0.25) is 0 Å². The SMILES string of the molecule is [2HH].c1ccc2ccccc2c1. The second-order valence-electron chi connectivity index (χ2n) is 2.35. The van der Waals surface area contributed by atoms with Gasteiger partial charge in [0.15, 0.2) is 0 Å². The molecule has 0 radical (unpaired) electrons. The zero-order chi connectivity index (χ0) is 6.81. The van der Waals surface area contributed by atoms with Crippen LogP contribution >= 0.6 is 0 Å². The largest absolute Gasteiger partial charge is 0.0616 e. The molecule has 0 fully saturated rings. The minimum atomic E-state index is 0. The molecule has 0 saturated heterocycles. The van der Waals surface area contributed by atoms with Gasteiger partial charge in [-0.05, 0) is 10.8 Å². The molecular weight excluding hydrogens is 120 g/mol. The van der Waals surface area contributed by atoms with Gasteiger partial charge in [-0.3, -0.25) is 0 Å². The van der Waals surface area contributed by atoms with Gasteiger partial charge in [0.1, 0.15) is 0 Å². The third-order valence-corrected chi connectivity index (χ3v) is 1.66. The number of fused-ring (bicyclic) bond motifs is 1. The fraction of sp³-hybridized carbons (Fsp3) is 0. The van der Waals surface area contributed by atoms with Gasteiger partial charge in [0, 0.05) is 1.43 Å². The van der Waals surface area contributed by atoms with E-state index in [0.29, 0.717) is 0 Å². The fourth-order valence-electron chi connectivity index (χ4n) is 1.13. The summed E-state index contributed by atoms with van der Waals surface area (Å²) in [5.74, 6) is 0. The van der Waals surface area contributed by atoms with Crippen LogP contribution in [-0.2, 0) is 0 Å². The van der Waals surface area contributed by atoms with Crippen molar-refractivity contribution in [1.29, 1.82) is 0 Å². The molecule has 10 heavy (non-hydrogen) atoms. The average Bonchev–Trinajstić information content (AvgIpc) is 2.05. The van der Waals surface area contributed by atoms with Crippen LogP contribution in [0.3, 0.4) is 0 Å². The second kappa shape index (κ2) is 2.14. The predicted molar refractivity (Wildman–Crippen MR) is 46.1 cm³/mol. The molecule has 50 valence electrons. The Morgan fingerprint density at radius 1 is 0.600 bits per heavy atom. The van der Waals surface area contributed by atoms with E-state index in [1.807, 2.05) is 0 Å². The van der Waals surface area contributed by atoms with E-state index in [0.717, 1.165) is 0 Å². The lowest BCUT2D eigenvalue weighted by molar-refractivity contribution is 1.75. The van der Waals surface area contributed by atoms with Crippen molar-refractivity contribution >= 4 is 10.8 Å². The zero-order valence-electron chi connectivity index (χ0n) is 5.62. The average molecular weight is 131 g/mol. The first-order chi connectivity index (χ1) is 4.97. The zero-order valence-corrected chi connectivity index (χ0v) is 5.62. The molecule has 0 aromatic heterocycles. The highest BCUT2D eigenvalue weighted by molar-refractivity contribution is 5.81. The molecule has 0 amide bonds. The topological polar surface area (TPSA) is 0 Å². The van der Waals surface area contributed by atoms with Crippen molar-refractivity contribution in [2.75, 3.05) is 0 Å². The Balaban J connectivity index is 0.000000605. The molecule has 0 heterocycles. The summed E-state index contributed by atoms with van der Waals surface area (Å²) >= 11 is 0. The maximum atomic E-state index is 2.12. The van der Waals surface area contributed by atoms with Crippen molar-refractivity contribution in [2.24, 2.45) is 0 Å². The second-order valence-corrected chi connectivity index (χ2v) is 2.35. The van der Waals surface area contributed by atoms with Gasteiger partial charge in [-0.1, -0.05) is 48.5 Å². The lowest BCUT2D eigenvalue weighted by atomic mass is 10.1. The van der Waals surface area contributed by atoms with Crippen LogP contribution in [0, 0.1) is 0 Å². The van der Waals surface area contributed by atoms with Crippen LogP contribution in [-0.4, -0.2) is 0 Å². The highest BCUT2D eigenvalue weighted by atomic mass is 13.9. The standard InChI is InChI=1S/C10H8.H2/c1-2-6-10-8-4-3-7-9(10)5-1;/h1-8H;1H/i;1+1. The summed E-state index contributed by atoms with van der Waals surface area (Å²) in [5.41, 5.74) is 0. The van der Waals surface area contributed by atoms with Crippen LogP contribution in [0.25, 0.3) is 10.8 Å². The molecule has 2 aromatic rings. The third kappa shape index (κ3) is 0.781. The maximum Gasteiger partial charge on any atom is 0 e. The summed E-state index contributed by atoms with van der Waals surface area (Å²) < 4.78 is 0. The van der Waals surface area contributed by atoms with E-state index >= 15 is 0 Å². The molecule has 0 heteroatoms. The van der Waals surface area contributed by atoms with Crippen LogP contribution in [0.4, 0.5) is 0 Å². The molecule has 0 saturated carbocycles. The monoisotopic (exact) mass is 131 g/mol. The van der Waals surface area contributed by atoms with Crippen molar-refractivity contribution < 1.29 is 1.43 Å². The first-order valence-corrected chi connectivity index (χ1v) is 3.40. The molecule has 0 aliphatic rings. The summed E-state index contributed by atoms with van der Waals surface area (Å²) in [6.07, 6.45) is 0. The Labute approximate surface area is 61.6 Å². The number of rotatable bonds is 0. The highest BCUT2D eigenvalue weighted by Gasteiger charge is 1.85. The van der Waals surface area contributed by atoms with Crippen molar-refractivity contribution in [3.63, 3.8) is 0 Å². The Morgan fingerprint density at radius 3 is 1.20 bits per heavy atom. The van der Waals surface area contributed by atoms with Crippen LogP contribution in [0.5, 0.6) is 0 Å². The van der Waals surface area contributed by atoms with E-state index in [4.69, 9.17) is 0 Å². The molecule has 2 rings (SSSR count). The maximum absolute atomic E-state index is 2.12. The number of hydrogen-bond donors (Lipinski definition) is 0. The molecule has 0 unspecified atom stereocenters. The Hall–Kier alpha value is -1.30. The van der Waals surface area contributed by atoms with E-state index in [1.54, 1.807) is 0 Å². The van der Waals surface area contributed by atoms with Gasteiger partial charge in [-0.2, -0.15) is 0 Å². The van der Waals surface area contributed by atoms with Crippen LogP contribution < -0.4 is 0 Å². The van der Waals surface area contributed by atoms with Gasteiger partial charge in [0.05, 0.1) is 0 Å². The molecule has 0 aliphatic heterocycles. The molecule has 0 bridgehead atoms. The van der Waals surface area contributed by atoms with Gasteiger partial charge >= 0.3 is 0 Å². The van der Waals surface area contributed by atoms with Crippen LogP contribution in [0.2, 0.25) is 0 Å². The summed E-state index contributed by atoms with van der Waals surface area (Å²) in [5, 5.41) is 2.62. The smallest absolute Gasteiger partial charge is 0 e. The minimum absolute atomic E-state index is 0. The van der Waals surface area contributed by atoms with Crippen molar-refractivity contribution in [3.05, 3.63) is 48.5 Å². The molecule has 0 atom stereocenters.